The predicted octanol–water partition coefficient (Wildman–Crippen LogP) is 3.89. The molecule has 1 heterocycles. The maximum atomic E-state index is 12.8. The number of amides is 2. The summed E-state index contributed by atoms with van der Waals surface area (Å²) in [6.45, 7) is 14.8. The number of carbonyl (C=O) groups is 2. The second-order valence-corrected chi connectivity index (χ2v) is 9.08. The molecule has 0 N–H and O–H groups in total. The first-order valence-corrected chi connectivity index (χ1v) is 8.76. The van der Waals surface area contributed by atoms with Crippen LogP contribution in [0.25, 0.3) is 0 Å². The van der Waals surface area contributed by atoms with E-state index in [-0.39, 0.29) is 23.4 Å². The summed E-state index contributed by atoms with van der Waals surface area (Å²) < 4.78 is 11.1. The largest absolute Gasteiger partial charge is 0.442 e. The number of hydrazine groups is 1. The Bertz CT molecular complexity index is 597. The van der Waals surface area contributed by atoms with Gasteiger partial charge < -0.3 is 9.47 Å². The van der Waals surface area contributed by atoms with Crippen molar-refractivity contribution in [2.24, 2.45) is 11.3 Å². The van der Waals surface area contributed by atoms with Crippen molar-refractivity contribution in [2.75, 3.05) is 0 Å². The Labute approximate surface area is 149 Å². The van der Waals surface area contributed by atoms with Gasteiger partial charge >= 0.3 is 12.2 Å². The van der Waals surface area contributed by atoms with Crippen LogP contribution in [0, 0.1) is 11.3 Å². The standard InChI is InChI=1S/C19H28N2O4/c1-8-12-11-19(12)13-9-10-14(19)21(16(23)25-18(5,6)7)20(13)15(22)24-17(2,3)4/h8-10,12-14H,1,11H2,2-7H3. The summed E-state index contributed by atoms with van der Waals surface area (Å²) in [5, 5.41) is 2.88. The van der Waals surface area contributed by atoms with Gasteiger partial charge in [0.15, 0.2) is 0 Å². The topological polar surface area (TPSA) is 59.1 Å². The second kappa shape index (κ2) is 5.26. The molecular formula is C19H28N2O4. The highest BCUT2D eigenvalue weighted by Crippen LogP contribution is 2.67. The monoisotopic (exact) mass is 348 g/mol. The number of ether oxygens (including phenoxy) is 2. The first-order chi connectivity index (χ1) is 11.4. The third-order valence-corrected chi connectivity index (χ3v) is 4.89. The van der Waals surface area contributed by atoms with Gasteiger partial charge in [-0.05, 0) is 53.9 Å². The average Bonchev–Trinajstić information content (AvgIpc) is 2.98. The molecule has 2 fully saturated rings. The summed E-state index contributed by atoms with van der Waals surface area (Å²) >= 11 is 0. The van der Waals surface area contributed by atoms with Crippen LogP contribution >= 0.6 is 0 Å². The maximum absolute atomic E-state index is 12.8. The molecule has 1 spiro atoms. The third kappa shape index (κ3) is 2.81. The molecule has 3 atom stereocenters. The molecule has 1 saturated carbocycles. The highest BCUT2D eigenvalue weighted by Gasteiger charge is 2.74. The third-order valence-electron chi connectivity index (χ3n) is 4.89. The van der Waals surface area contributed by atoms with E-state index in [1.807, 2.05) is 59.8 Å². The molecule has 6 heteroatoms. The van der Waals surface area contributed by atoms with Crippen LogP contribution in [0.4, 0.5) is 9.59 Å². The van der Waals surface area contributed by atoms with Crippen LogP contribution in [0.2, 0.25) is 0 Å². The lowest BCUT2D eigenvalue weighted by Gasteiger charge is -2.36. The quantitative estimate of drug-likeness (QED) is 0.675. The van der Waals surface area contributed by atoms with E-state index < -0.39 is 23.4 Å². The van der Waals surface area contributed by atoms with Crippen molar-refractivity contribution < 1.29 is 19.1 Å². The minimum absolute atomic E-state index is 0.185. The molecule has 0 radical (unpaired) electrons. The van der Waals surface area contributed by atoms with Crippen molar-refractivity contribution in [3.8, 4) is 0 Å². The van der Waals surface area contributed by atoms with Gasteiger partial charge in [-0.1, -0.05) is 18.2 Å². The van der Waals surface area contributed by atoms with Crippen molar-refractivity contribution in [3.05, 3.63) is 24.8 Å². The van der Waals surface area contributed by atoms with Gasteiger partial charge in [0, 0.05) is 5.41 Å². The highest BCUT2D eigenvalue weighted by molar-refractivity contribution is 5.78. The van der Waals surface area contributed by atoms with E-state index in [0.717, 1.165) is 6.42 Å². The summed E-state index contributed by atoms with van der Waals surface area (Å²) in [7, 11) is 0. The van der Waals surface area contributed by atoms with Crippen LogP contribution in [0.5, 0.6) is 0 Å². The Kier molecular flexibility index (Phi) is 3.75. The number of hydrogen-bond acceptors (Lipinski definition) is 4. The van der Waals surface area contributed by atoms with E-state index in [4.69, 9.17) is 9.47 Å². The van der Waals surface area contributed by atoms with E-state index in [2.05, 4.69) is 6.58 Å². The van der Waals surface area contributed by atoms with Gasteiger partial charge in [-0.3, -0.25) is 0 Å². The molecule has 25 heavy (non-hydrogen) atoms. The molecule has 3 rings (SSSR count). The van der Waals surface area contributed by atoms with E-state index in [1.165, 1.54) is 10.0 Å². The lowest BCUT2D eigenvalue weighted by Crippen LogP contribution is -2.54. The number of hydrogen-bond donors (Lipinski definition) is 0. The molecule has 2 bridgehead atoms. The number of allylic oxidation sites excluding steroid dienone is 1. The zero-order valence-electron chi connectivity index (χ0n) is 15.9. The summed E-state index contributed by atoms with van der Waals surface area (Å²) in [6.07, 6.45) is 5.77. The minimum Gasteiger partial charge on any atom is -0.442 e. The Morgan fingerprint density at radius 1 is 1.00 bits per heavy atom. The summed E-state index contributed by atoms with van der Waals surface area (Å²) in [5.41, 5.74) is -1.47. The Hall–Kier alpha value is -1.98. The molecule has 0 aromatic heterocycles. The van der Waals surface area contributed by atoms with Crippen LogP contribution in [0.15, 0.2) is 24.8 Å². The molecule has 3 unspecified atom stereocenters. The van der Waals surface area contributed by atoms with Gasteiger partial charge in [0.1, 0.15) is 11.2 Å². The van der Waals surface area contributed by atoms with Gasteiger partial charge in [0.05, 0.1) is 12.1 Å². The zero-order chi connectivity index (χ0) is 18.8. The van der Waals surface area contributed by atoms with Gasteiger partial charge in [-0.2, -0.15) is 0 Å². The van der Waals surface area contributed by atoms with Crippen molar-refractivity contribution in [2.45, 2.75) is 71.2 Å². The second-order valence-electron chi connectivity index (χ2n) is 9.08. The summed E-state index contributed by atoms with van der Waals surface area (Å²) in [5.74, 6) is 0.273. The first-order valence-electron chi connectivity index (χ1n) is 8.76. The lowest BCUT2D eigenvalue weighted by molar-refractivity contribution is -0.0579. The van der Waals surface area contributed by atoms with Gasteiger partial charge in [-0.15, -0.1) is 6.58 Å². The summed E-state index contributed by atoms with van der Waals surface area (Å²) in [4.78, 5) is 25.7. The van der Waals surface area contributed by atoms with E-state index in [1.54, 1.807) is 0 Å². The molecule has 6 nitrogen and oxygen atoms in total. The fourth-order valence-corrected chi connectivity index (χ4v) is 3.96. The molecule has 138 valence electrons. The van der Waals surface area contributed by atoms with Crippen molar-refractivity contribution in [3.63, 3.8) is 0 Å². The molecule has 1 aliphatic heterocycles. The van der Waals surface area contributed by atoms with E-state index >= 15 is 0 Å². The van der Waals surface area contributed by atoms with E-state index in [0.29, 0.717) is 0 Å². The molecular weight excluding hydrogens is 320 g/mol. The zero-order valence-corrected chi connectivity index (χ0v) is 15.9. The minimum atomic E-state index is -0.642. The van der Waals surface area contributed by atoms with Crippen LogP contribution in [0.3, 0.4) is 0 Å². The van der Waals surface area contributed by atoms with Crippen LogP contribution in [0.1, 0.15) is 48.0 Å². The van der Waals surface area contributed by atoms with Gasteiger partial charge in [-0.25, -0.2) is 19.6 Å². The fourth-order valence-electron chi connectivity index (χ4n) is 3.96. The van der Waals surface area contributed by atoms with Gasteiger partial charge in [0.2, 0.25) is 0 Å². The maximum Gasteiger partial charge on any atom is 0.430 e. The molecule has 3 aliphatic rings. The van der Waals surface area contributed by atoms with Crippen molar-refractivity contribution in [1.82, 2.24) is 10.0 Å². The SMILES string of the molecule is C=CC1CC12C1C=CC2N(C(=O)OC(C)(C)C)N1C(=O)OC(C)(C)C. The predicted molar refractivity (Wildman–Crippen MR) is 93.6 cm³/mol. The van der Waals surface area contributed by atoms with Crippen LogP contribution < -0.4 is 0 Å². The number of rotatable bonds is 1. The lowest BCUT2D eigenvalue weighted by atomic mass is 9.94. The average molecular weight is 348 g/mol. The molecule has 1 saturated heterocycles. The Balaban J connectivity index is 1.93. The number of nitrogens with zero attached hydrogens (tertiary/aromatic N) is 2. The Morgan fingerprint density at radius 3 is 1.68 bits per heavy atom. The highest BCUT2D eigenvalue weighted by atomic mass is 16.6. The Morgan fingerprint density at radius 2 is 1.40 bits per heavy atom. The van der Waals surface area contributed by atoms with Gasteiger partial charge in [0.25, 0.3) is 0 Å². The molecule has 2 aliphatic carbocycles. The normalized spacial score (nSPS) is 33.0. The van der Waals surface area contributed by atoms with E-state index in [9.17, 15) is 9.59 Å². The van der Waals surface area contributed by atoms with Crippen molar-refractivity contribution >= 4 is 12.2 Å². The molecule has 2 amide bonds. The number of carbonyl (C=O) groups excluding carboxylic acids is 2. The molecule has 0 aromatic rings. The smallest absolute Gasteiger partial charge is 0.430 e. The van der Waals surface area contributed by atoms with Crippen molar-refractivity contribution in [1.29, 1.82) is 0 Å². The fraction of sp³-hybridized carbons (Fsp3) is 0.684. The van der Waals surface area contributed by atoms with Crippen LogP contribution in [-0.4, -0.2) is 45.5 Å². The van der Waals surface area contributed by atoms with Crippen LogP contribution in [-0.2, 0) is 9.47 Å². The molecule has 0 aromatic carbocycles. The summed E-state index contributed by atoms with van der Waals surface area (Å²) in [6, 6.07) is -0.411. The first kappa shape index (κ1) is 17.8.